The lowest BCUT2D eigenvalue weighted by molar-refractivity contribution is -0.123. The molecule has 0 fully saturated rings. The van der Waals surface area contributed by atoms with Crippen molar-refractivity contribution in [3.05, 3.63) is 53.6 Å². The maximum atomic E-state index is 12.2. The highest BCUT2D eigenvalue weighted by atomic mass is 32.2. The molecule has 2 rings (SSSR count). The fourth-order valence-electron chi connectivity index (χ4n) is 2.41. The van der Waals surface area contributed by atoms with Crippen LogP contribution in [0.4, 0.5) is 0 Å². The van der Waals surface area contributed by atoms with E-state index >= 15 is 0 Å². The quantitative estimate of drug-likeness (QED) is 0.632. The number of hydrogen-bond acceptors (Lipinski definition) is 5. The molecular formula is C20H26N2O5S. The minimum Gasteiger partial charge on any atom is -0.497 e. The molecule has 152 valence electrons. The minimum atomic E-state index is -3.53. The lowest BCUT2D eigenvalue weighted by Crippen LogP contribution is -2.28. The van der Waals surface area contributed by atoms with Crippen LogP contribution in [-0.2, 0) is 21.4 Å². The molecule has 0 radical (unpaired) electrons. The maximum Gasteiger partial charge on any atom is 0.258 e. The molecule has 7 nitrogen and oxygen atoms in total. The summed E-state index contributed by atoms with van der Waals surface area (Å²) in [5.74, 6) is 0.954. The predicted molar refractivity (Wildman–Crippen MR) is 107 cm³/mol. The van der Waals surface area contributed by atoms with Crippen LogP contribution in [0.15, 0.2) is 47.4 Å². The zero-order valence-electron chi connectivity index (χ0n) is 16.3. The van der Waals surface area contributed by atoms with E-state index in [0.29, 0.717) is 30.8 Å². The predicted octanol–water partition coefficient (Wildman–Crippen LogP) is 2.39. The number of carbonyl (C=O) groups excluding carboxylic acids is 1. The zero-order valence-corrected chi connectivity index (χ0v) is 17.1. The van der Waals surface area contributed by atoms with Gasteiger partial charge >= 0.3 is 0 Å². The van der Waals surface area contributed by atoms with Crippen molar-refractivity contribution < 1.29 is 22.7 Å². The molecule has 0 aliphatic carbocycles. The Kier molecular flexibility index (Phi) is 7.83. The fraction of sp³-hybridized carbons (Fsp3) is 0.350. The first-order valence-corrected chi connectivity index (χ1v) is 10.5. The highest BCUT2D eigenvalue weighted by molar-refractivity contribution is 7.89. The van der Waals surface area contributed by atoms with Crippen molar-refractivity contribution in [3.8, 4) is 11.5 Å². The summed E-state index contributed by atoms with van der Waals surface area (Å²) in [5, 5.41) is 2.77. The Hall–Kier alpha value is -2.58. The molecule has 0 heterocycles. The van der Waals surface area contributed by atoms with Crippen molar-refractivity contribution >= 4 is 15.9 Å². The lowest BCUT2D eigenvalue weighted by Gasteiger charge is -2.12. The summed E-state index contributed by atoms with van der Waals surface area (Å²) in [6.07, 6.45) is 0.713. The Morgan fingerprint density at radius 1 is 1.11 bits per heavy atom. The van der Waals surface area contributed by atoms with Gasteiger partial charge in [0.1, 0.15) is 11.5 Å². The summed E-state index contributed by atoms with van der Waals surface area (Å²) in [6.45, 7) is 4.24. The monoisotopic (exact) mass is 406 g/mol. The molecule has 8 heteroatoms. The van der Waals surface area contributed by atoms with Crippen molar-refractivity contribution in [3.63, 3.8) is 0 Å². The number of nitrogens with one attached hydrogen (secondary N) is 2. The number of amides is 1. The molecule has 0 aromatic heterocycles. The van der Waals surface area contributed by atoms with Crippen LogP contribution in [-0.4, -0.2) is 34.6 Å². The number of hydrogen-bond donors (Lipinski definition) is 2. The van der Waals surface area contributed by atoms with Crippen LogP contribution >= 0.6 is 0 Å². The van der Waals surface area contributed by atoms with E-state index < -0.39 is 10.0 Å². The molecular weight excluding hydrogens is 380 g/mol. The Labute approximate surface area is 166 Å². The lowest BCUT2D eigenvalue weighted by atomic mass is 10.2. The highest BCUT2D eigenvalue weighted by Gasteiger charge is 2.15. The van der Waals surface area contributed by atoms with Crippen LogP contribution in [0.25, 0.3) is 0 Å². The third kappa shape index (κ3) is 6.24. The maximum absolute atomic E-state index is 12.2. The van der Waals surface area contributed by atoms with E-state index in [9.17, 15) is 13.2 Å². The Balaban J connectivity index is 1.88. The summed E-state index contributed by atoms with van der Waals surface area (Å²) in [6, 6.07) is 12.0. The second kappa shape index (κ2) is 10.1. The Morgan fingerprint density at radius 3 is 2.43 bits per heavy atom. The minimum absolute atomic E-state index is 0.156. The SMILES string of the molecule is CCCNS(=O)(=O)c1ccc(OCC(=O)NCc2ccc(OC)cc2)c(C)c1. The van der Waals surface area contributed by atoms with Crippen LogP contribution in [0.2, 0.25) is 0 Å². The molecule has 1 amide bonds. The van der Waals surface area contributed by atoms with E-state index in [1.165, 1.54) is 12.1 Å². The largest absolute Gasteiger partial charge is 0.497 e. The molecule has 2 N–H and O–H groups in total. The van der Waals surface area contributed by atoms with Crippen molar-refractivity contribution in [2.45, 2.75) is 31.7 Å². The van der Waals surface area contributed by atoms with Crippen LogP contribution in [0.1, 0.15) is 24.5 Å². The van der Waals surface area contributed by atoms with E-state index in [2.05, 4.69) is 10.0 Å². The molecule has 0 bridgehead atoms. The molecule has 0 aliphatic rings. The van der Waals surface area contributed by atoms with Crippen molar-refractivity contribution in [1.29, 1.82) is 0 Å². The first-order chi connectivity index (χ1) is 13.4. The fourth-order valence-corrected chi connectivity index (χ4v) is 3.63. The first-order valence-electron chi connectivity index (χ1n) is 8.98. The standard InChI is InChI=1S/C20H26N2O5S/c1-4-11-22-28(24,25)18-9-10-19(15(2)12-18)27-14-20(23)21-13-16-5-7-17(26-3)8-6-16/h5-10,12,22H,4,11,13-14H2,1-3H3,(H,21,23). The van der Waals surface area contributed by atoms with Gasteiger partial charge in [-0.1, -0.05) is 19.1 Å². The molecule has 0 aliphatic heterocycles. The topological polar surface area (TPSA) is 93.7 Å². The summed E-state index contributed by atoms with van der Waals surface area (Å²) in [4.78, 5) is 12.2. The van der Waals surface area contributed by atoms with Gasteiger partial charge in [0, 0.05) is 13.1 Å². The van der Waals surface area contributed by atoms with Crippen LogP contribution in [0, 0.1) is 6.92 Å². The first kappa shape index (κ1) is 21.7. The number of methoxy groups -OCH3 is 1. The molecule has 0 atom stereocenters. The Bertz CT molecular complexity index is 895. The van der Waals surface area contributed by atoms with Crippen LogP contribution < -0.4 is 19.5 Å². The van der Waals surface area contributed by atoms with E-state index in [-0.39, 0.29) is 17.4 Å². The van der Waals surface area contributed by atoms with Gasteiger partial charge in [-0.3, -0.25) is 4.79 Å². The molecule has 0 spiro atoms. The Morgan fingerprint density at radius 2 is 1.82 bits per heavy atom. The van der Waals surface area contributed by atoms with Crippen molar-refractivity contribution in [1.82, 2.24) is 10.0 Å². The van der Waals surface area contributed by atoms with Gasteiger partial charge in [-0.2, -0.15) is 0 Å². The average molecular weight is 407 g/mol. The second-order valence-electron chi connectivity index (χ2n) is 6.24. The van der Waals surface area contributed by atoms with Gasteiger partial charge in [-0.05, 0) is 54.8 Å². The number of rotatable bonds is 10. The highest BCUT2D eigenvalue weighted by Crippen LogP contribution is 2.21. The molecule has 0 unspecified atom stereocenters. The second-order valence-corrected chi connectivity index (χ2v) is 8.01. The molecule has 0 saturated carbocycles. The van der Waals surface area contributed by atoms with Gasteiger partial charge in [0.05, 0.1) is 12.0 Å². The van der Waals surface area contributed by atoms with E-state index in [1.807, 2.05) is 31.2 Å². The summed E-state index contributed by atoms with van der Waals surface area (Å²) >= 11 is 0. The number of aryl methyl sites for hydroxylation is 1. The average Bonchev–Trinajstić information content (AvgIpc) is 2.70. The third-order valence-electron chi connectivity index (χ3n) is 4.01. The van der Waals surface area contributed by atoms with E-state index in [1.54, 1.807) is 20.1 Å². The van der Waals surface area contributed by atoms with Crippen LogP contribution in [0.3, 0.4) is 0 Å². The van der Waals surface area contributed by atoms with Gasteiger partial charge in [-0.15, -0.1) is 0 Å². The third-order valence-corrected chi connectivity index (χ3v) is 5.46. The van der Waals surface area contributed by atoms with Gasteiger partial charge in [0.15, 0.2) is 6.61 Å². The van der Waals surface area contributed by atoms with Gasteiger partial charge < -0.3 is 14.8 Å². The van der Waals surface area contributed by atoms with Crippen molar-refractivity contribution in [2.75, 3.05) is 20.3 Å². The number of sulfonamides is 1. The normalized spacial score (nSPS) is 11.1. The number of carbonyl (C=O) groups is 1. The van der Waals surface area contributed by atoms with Gasteiger partial charge in [0.2, 0.25) is 10.0 Å². The van der Waals surface area contributed by atoms with Gasteiger partial charge in [-0.25, -0.2) is 13.1 Å². The van der Waals surface area contributed by atoms with Crippen molar-refractivity contribution in [2.24, 2.45) is 0 Å². The van der Waals surface area contributed by atoms with Gasteiger partial charge in [0.25, 0.3) is 5.91 Å². The number of ether oxygens (including phenoxy) is 2. The number of benzene rings is 2. The summed E-state index contributed by atoms with van der Waals surface area (Å²) in [7, 11) is -1.93. The summed E-state index contributed by atoms with van der Waals surface area (Å²) < 4.78 is 37.5. The molecule has 28 heavy (non-hydrogen) atoms. The van der Waals surface area contributed by atoms with E-state index in [4.69, 9.17) is 9.47 Å². The van der Waals surface area contributed by atoms with Crippen LogP contribution in [0.5, 0.6) is 11.5 Å². The smallest absolute Gasteiger partial charge is 0.258 e. The summed E-state index contributed by atoms with van der Waals surface area (Å²) in [5.41, 5.74) is 1.58. The molecule has 2 aromatic carbocycles. The molecule has 0 saturated heterocycles. The van der Waals surface area contributed by atoms with E-state index in [0.717, 1.165) is 11.3 Å². The zero-order chi connectivity index (χ0) is 20.6. The molecule has 2 aromatic rings.